The van der Waals surface area contributed by atoms with Crippen LogP contribution in [0.1, 0.15) is 28.5 Å². The van der Waals surface area contributed by atoms with Crippen LogP contribution in [0.5, 0.6) is 5.75 Å². The number of aryl methyl sites for hydroxylation is 2. The highest BCUT2D eigenvalue weighted by Gasteiger charge is 2.48. The summed E-state index contributed by atoms with van der Waals surface area (Å²) in [4.78, 5) is 27.2. The van der Waals surface area contributed by atoms with Gasteiger partial charge in [0.1, 0.15) is 17.3 Å². The predicted octanol–water partition coefficient (Wildman–Crippen LogP) is 3.93. The standard InChI is InChI=1S/C23H20N2O5/c1-13-7-9-15(10-8-13)20-19(21(26)16-5-4-6-17(12-16)29-3)22(27)23(28)25(20)18-11-14(2)30-24-18/h4-12,20,26H,1-3H3/b21-19+. The maximum atomic E-state index is 13.0. The van der Waals surface area contributed by atoms with E-state index in [4.69, 9.17) is 9.26 Å². The number of Topliss-reactive ketones (excluding diaryl/α,β-unsaturated/α-hetero) is 1. The lowest BCUT2D eigenvalue weighted by Crippen LogP contribution is -2.29. The van der Waals surface area contributed by atoms with Crippen molar-refractivity contribution >= 4 is 23.3 Å². The Balaban J connectivity index is 1.94. The molecule has 0 saturated carbocycles. The van der Waals surface area contributed by atoms with Crippen LogP contribution >= 0.6 is 0 Å². The molecule has 1 aliphatic heterocycles. The van der Waals surface area contributed by atoms with Gasteiger partial charge in [-0.05, 0) is 31.5 Å². The van der Waals surface area contributed by atoms with Crippen molar-refractivity contribution in [1.29, 1.82) is 0 Å². The van der Waals surface area contributed by atoms with Gasteiger partial charge < -0.3 is 14.4 Å². The third-order valence-electron chi connectivity index (χ3n) is 5.04. The van der Waals surface area contributed by atoms with Crippen molar-refractivity contribution in [2.24, 2.45) is 0 Å². The summed E-state index contributed by atoms with van der Waals surface area (Å²) in [6.45, 7) is 3.64. The first-order chi connectivity index (χ1) is 14.4. The molecular formula is C23H20N2O5. The number of aromatic nitrogens is 1. The van der Waals surface area contributed by atoms with Gasteiger partial charge in [0.2, 0.25) is 0 Å². The normalized spacial score (nSPS) is 18.1. The second-order valence-electron chi connectivity index (χ2n) is 7.11. The minimum Gasteiger partial charge on any atom is -0.507 e. The Morgan fingerprint density at radius 1 is 1.10 bits per heavy atom. The highest BCUT2D eigenvalue weighted by atomic mass is 16.5. The number of hydrogen-bond acceptors (Lipinski definition) is 6. The molecule has 0 bridgehead atoms. The molecule has 1 aliphatic rings. The van der Waals surface area contributed by atoms with Crippen molar-refractivity contribution in [2.45, 2.75) is 19.9 Å². The number of aliphatic hydroxyl groups is 1. The van der Waals surface area contributed by atoms with E-state index in [9.17, 15) is 14.7 Å². The van der Waals surface area contributed by atoms with Crippen LogP contribution in [-0.4, -0.2) is 29.1 Å². The van der Waals surface area contributed by atoms with E-state index >= 15 is 0 Å². The van der Waals surface area contributed by atoms with Gasteiger partial charge in [0.15, 0.2) is 5.82 Å². The van der Waals surface area contributed by atoms with Gasteiger partial charge in [-0.15, -0.1) is 0 Å². The largest absolute Gasteiger partial charge is 0.507 e. The summed E-state index contributed by atoms with van der Waals surface area (Å²) in [5.41, 5.74) is 2.06. The van der Waals surface area contributed by atoms with Gasteiger partial charge in [-0.3, -0.25) is 14.5 Å². The number of methoxy groups -OCH3 is 1. The minimum absolute atomic E-state index is 0.0160. The number of ether oxygens (including phenoxy) is 1. The molecule has 2 heterocycles. The number of benzene rings is 2. The Bertz CT molecular complexity index is 1160. The number of aliphatic hydroxyl groups excluding tert-OH is 1. The highest BCUT2D eigenvalue weighted by Crippen LogP contribution is 2.42. The summed E-state index contributed by atoms with van der Waals surface area (Å²) in [6, 6.07) is 14.8. The molecular weight excluding hydrogens is 384 g/mol. The number of rotatable bonds is 4. The topological polar surface area (TPSA) is 92.9 Å². The Morgan fingerprint density at radius 2 is 1.83 bits per heavy atom. The van der Waals surface area contributed by atoms with Crippen LogP contribution < -0.4 is 9.64 Å². The van der Waals surface area contributed by atoms with Crippen LogP contribution in [0.4, 0.5) is 5.82 Å². The first kappa shape index (κ1) is 19.4. The second-order valence-corrected chi connectivity index (χ2v) is 7.11. The van der Waals surface area contributed by atoms with Crippen LogP contribution in [0, 0.1) is 13.8 Å². The number of anilines is 1. The molecule has 1 N–H and O–H groups in total. The zero-order valence-electron chi connectivity index (χ0n) is 16.7. The van der Waals surface area contributed by atoms with E-state index in [1.165, 1.54) is 12.0 Å². The number of nitrogens with zero attached hydrogens (tertiary/aromatic N) is 2. The smallest absolute Gasteiger partial charge is 0.301 e. The maximum absolute atomic E-state index is 13.0. The minimum atomic E-state index is -0.846. The molecule has 7 heteroatoms. The molecule has 1 saturated heterocycles. The van der Waals surface area contributed by atoms with Gasteiger partial charge in [0.25, 0.3) is 5.78 Å². The molecule has 0 spiro atoms. The monoisotopic (exact) mass is 404 g/mol. The zero-order valence-corrected chi connectivity index (χ0v) is 16.7. The van der Waals surface area contributed by atoms with E-state index in [-0.39, 0.29) is 17.2 Å². The van der Waals surface area contributed by atoms with Gasteiger partial charge in [-0.25, -0.2) is 0 Å². The summed E-state index contributed by atoms with van der Waals surface area (Å²) >= 11 is 0. The van der Waals surface area contributed by atoms with Crippen LogP contribution in [0.3, 0.4) is 0 Å². The van der Waals surface area contributed by atoms with E-state index in [1.54, 1.807) is 37.3 Å². The summed E-state index contributed by atoms with van der Waals surface area (Å²) in [5.74, 6) is -0.611. The van der Waals surface area contributed by atoms with Crippen molar-refractivity contribution in [2.75, 3.05) is 12.0 Å². The SMILES string of the molecule is COc1cccc(/C(O)=C2\C(=O)C(=O)N(c3cc(C)on3)C2c2ccc(C)cc2)c1. The number of carbonyl (C=O) groups excluding carboxylic acids is 2. The van der Waals surface area contributed by atoms with Crippen molar-refractivity contribution in [3.05, 3.63) is 82.6 Å². The molecule has 7 nitrogen and oxygen atoms in total. The second kappa shape index (κ2) is 7.51. The number of ketones is 1. The molecule has 1 atom stereocenters. The van der Waals surface area contributed by atoms with E-state index in [0.717, 1.165) is 5.56 Å². The zero-order chi connectivity index (χ0) is 21.4. The van der Waals surface area contributed by atoms with Crippen molar-refractivity contribution < 1.29 is 24.0 Å². The Hall–Kier alpha value is -3.87. The van der Waals surface area contributed by atoms with E-state index in [0.29, 0.717) is 22.6 Å². The maximum Gasteiger partial charge on any atom is 0.301 e. The lowest BCUT2D eigenvalue weighted by atomic mass is 9.94. The molecule has 1 amide bonds. The van der Waals surface area contributed by atoms with Gasteiger partial charge in [-0.1, -0.05) is 47.1 Å². The lowest BCUT2D eigenvalue weighted by Gasteiger charge is -2.23. The van der Waals surface area contributed by atoms with Crippen LogP contribution in [0.2, 0.25) is 0 Å². The fourth-order valence-electron chi connectivity index (χ4n) is 3.53. The van der Waals surface area contributed by atoms with Crippen LogP contribution in [0.25, 0.3) is 5.76 Å². The summed E-state index contributed by atoms with van der Waals surface area (Å²) in [7, 11) is 1.51. The van der Waals surface area contributed by atoms with Gasteiger partial charge >= 0.3 is 5.91 Å². The molecule has 1 unspecified atom stereocenters. The molecule has 152 valence electrons. The van der Waals surface area contributed by atoms with E-state index < -0.39 is 17.7 Å². The third-order valence-corrected chi connectivity index (χ3v) is 5.04. The molecule has 3 aromatic rings. The van der Waals surface area contributed by atoms with Crippen molar-refractivity contribution in [3.63, 3.8) is 0 Å². The fraction of sp³-hybridized carbons (Fsp3) is 0.174. The van der Waals surface area contributed by atoms with E-state index in [2.05, 4.69) is 5.16 Å². The molecule has 0 radical (unpaired) electrons. The summed E-state index contributed by atoms with van der Waals surface area (Å²) in [5, 5.41) is 15.0. The van der Waals surface area contributed by atoms with Gasteiger partial charge in [0, 0.05) is 11.6 Å². The Kier molecular flexibility index (Phi) is 4.87. The Labute approximate surface area is 173 Å². The van der Waals surface area contributed by atoms with Crippen LogP contribution in [-0.2, 0) is 9.59 Å². The third kappa shape index (κ3) is 3.24. The Morgan fingerprint density at radius 3 is 2.47 bits per heavy atom. The summed E-state index contributed by atoms with van der Waals surface area (Å²) in [6.07, 6.45) is 0. The number of carbonyl (C=O) groups is 2. The highest BCUT2D eigenvalue weighted by molar-refractivity contribution is 6.51. The first-order valence-corrected chi connectivity index (χ1v) is 9.36. The molecule has 0 aliphatic carbocycles. The molecule has 4 rings (SSSR count). The molecule has 30 heavy (non-hydrogen) atoms. The van der Waals surface area contributed by atoms with Gasteiger partial charge in [0.05, 0.1) is 18.7 Å². The molecule has 1 aromatic heterocycles. The average molecular weight is 404 g/mol. The van der Waals surface area contributed by atoms with Crippen molar-refractivity contribution in [3.8, 4) is 5.75 Å². The first-order valence-electron chi connectivity index (χ1n) is 9.36. The summed E-state index contributed by atoms with van der Waals surface area (Å²) < 4.78 is 10.3. The van der Waals surface area contributed by atoms with Crippen molar-refractivity contribution in [1.82, 2.24) is 5.16 Å². The van der Waals surface area contributed by atoms with E-state index in [1.807, 2.05) is 31.2 Å². The van der Waals surface area contributed by atoms with Gasteiger partial charge in [-0.2, -0.15) is 0 Å². The lowest BCUT2D eigenvalue weighted by molar-refractivity contribution is -0.132. The quantitative estimate of drug-likeness (QED) is 0.402. The predicted molar refractivity (Wildman–Crippen MR) is 110 cm³/mol. The number of hydrogen-bond donors (Lipinski definition) is 1. The molecule has 1 fully saturated rings. The van der Waals surface area contributed by atoms with Crippen LogP contribution in [0.15, 0.2) is 64.7 Å². The number of amides is 1. The average Bonchev–Trinajstić information content (AvgIpc) is 3.29. The fourth-order valence-corrected chi connectivity index (χ4v) is 3.53. The molecule has 2 aromatic carbocycles.